The van der Waals surface area contributed by atoms with Gasteiger partial charge in [-0.3, -0.25) is 0 Å². The summed E-state index contributed by atoms with van der Waals surface area (Å²) < 4.78 is 0. The Hall–Kier alpha value is -0.0800. The van der Waals surface area contributed by atoms with E-state index in [9.17, 15) is 0 Å². The van der Waals surface area contributed by atoms with Gasteiger partial charge in [0, 0.05) is 0 Å². The molecule has 1 atom stereocenters. The maximum atomic E-state index is 5.60. The van der Waals surface area contributed by atoms with Crippen LogP contribution in [0.4, 0.5) is 0 Å². The molecule has 0 aromatic carbocycles. The van der Waals surface area contributed by atoms with E-state index in [1.165, 1.54) is 12.8 Å². The molecule has 0 amide bonds. The summed E-state index contributed by atoms with van der Waals surface area (Å²) in [7, 11) is 0. The fourth-order valence-corrected chi connectivity index (χ4v) is 1.77. The number of rotatable bonds is 9. The van der Waals surface area contributed by atoms with E-state index in [4.69, 9.17) is 5.73 Å². The first-order valence-electron chi connectivity index (χ1n) is 6.80. The molecular formula is C14H32N2. The molecule has 0 saturated carbocycles. The molecule has 0 heterocycles. The van der Waals surface area contributed by atoms with E-state index < -0.39 is 0 Å². The summed E-state index contributed by atoms with van der Waals surface area (Å²) in [6, 6.07) is 0. The Labute approximate surface area is 102 Å². The molecule has 98 valence electrons. The second-order valence-electron chi connectivity index (χ2n) is 6.23. The number of hydrogen-bond donors (Lipinski definition) is 2. The fourth-order valence-electron chi connectivity index (χ4n) is 1.77. The first kappa shape index (κ1) is 15.9. The summed E-state index contributed by atoms with van der Waals surface area (Å²) in [6.45, 7) is 14.6. The van der Waals surface area contributed by atoms with Crippen molar-refractivity contribution < 1.29 is 0 Å². The van der Waals surface area contributed by atoms with E-state index in [0.717, 1.165) is 37.9 Å². The van der Waals surface area contributed by atoms with Crippen molar-refractivity contribution in [1.82, 2.24) is 5.32 Å². The van der Waals surface area contributed by atoms with E-state index >= 15 is 0 Å². The van der Waals surface area contributed by atoms with Gasteiger partial charge in [0.1, 0.15) is 0 Å². The van der Waals surface area contributed by atoms with Crippen molar-refractivity contribution in [2.75, 3.05) is 19.6 Å². The molecule has 0 aromatic rings. The third-order valence-corrected chi connectivity index (χ3v) is 3.63. The Balaban J connectivity index is 3.46. The summed E-state index contributed by atoms with van der Waals surface area (Å²) in [5.74, 6) is 1.55. The lowest BCUT2D eigenvalue weighted by atomic mass is 9.84. The van der Waals surface area contributed by atoms with Crippen LogP contribution in [0.25, 0.3) is 0 Å². The van der Waals surface area contributed by atoms with Crippen LogP contribution in [0, 0.1) is 17.3 Å². The summed E-state index contributed by atoms with van der Waals surface area (Å²) >= 11 is 0. The molecule has 0 aliphatic rings. The molecule has 3 N–H and O–H groups in total. The van der Waals surface area contributed by atoms with Gasteiger partial charge in [-0.05, 0) is 56.1 Å². The van der Waals surface area contributed by atoms with Gasteiger partial charge in [0.25, 0.3) is 0 Å². The van der Waals surface area contributed by atoms with Crippen molar-refractivity contribution >= 4 is 0 Å². The quantitative estimate of drug-likeness (QED) is 0.595. The van der Waals surface area contributed by atoms with Gasteiger partial charge in [-0.1, -0.05) is 34.6 Å². The van der Waals surface area contributed by atoms with Gasteiger partial charge in [-0.15, -0.1) is 0 Å². The zero-order valence-electron chi connectivity index (χ0n) is 12.0. The molecular weight excluding hydrogens is 196 g/mol. The molecule has 1 unspecified atom stereocenters. The highest BCUT2D eigenvalue weighted by atomic mass is 14.9. The molecule has 0 aliphatic heterocycles. The van der Waals surface area contributed by atoms with E-state index in [2.05, 4.69) is 39.9 Å². The minimum atomic E-state index is 0.417. The summed E-state index contributed by atoms with van der Waals surface area (Å²) in [6.07, 6.45) is 3.67. The Morgan fingerprint density at radius 1 is 1.12 bits per heavy atom. The fraction of sp³-hybridized carbons (Fsp3) is 1.00. The zero-order chi connectivity index (χ0) is 12.6. The van der Waals surface area contributed by atoms with E-state index in [0.29, 0.717) is 5.41 Å². The molecule has 2 heteroatoms. The van der Waals surface area contributed by atoms with Crippen LogP contribution in [0.15, 0.2) is 0 Å². The minimum absolute atomic E-state index is 0.417. The second-order valence-corrected chi connectivity index (χ2v) is 6.23. The molecule has 0 rings (SSSR count). The first-order chi connectivity index (χ1) is 7.39. The lowest BCUT2D eigenvalue weighted by molar-refractivity contribution is 0.298. The van der Waals surface area contributed by atoms with Crippen LogP contribution >= 0.6 is 0 Å². The topological polar surface area (TPSA) is 38.0 Å². The van der Waals surface area contributed by atoms with Crippen molar-refractivity contribution in [1.29, 1.82) is 0 Å². The van der Waals surface area contributed by atoms with Gasteiger partial charge in [0.15, 0.2) is 0 Å². The third-order valence-electron chi connectivity index (χ3n) is 3.63. The van der Waals surface area contributed by atoms with Crippen molar-refractivity contribution in [3.05, 3.63) is 0 Å². The molecule has 0 bridgehead atoms. The average molecular weight is 228 g/mol. The molecule has 16 heavy (non-hydrogen) atoms. The van der Waals surface area contributed by atoms with Gasteiger partial charge < -0.3 is 11.1 Å². The van der Waals surface area contributed by atoms with Crippen LogP contribution in [0.2, 0.25) is 0 Å². The predicted molar refractivity (Wildman–Crippen MR) is 73.6 cm³/mol. The molecule has 0 saturated heterocycles. The van der Waals surface area contributed by atoms with Crippen LogP contribution in [0.3, 0.4) is 0 Å². The minimum Gasteiger partial charge on any atom is -0.330 e. The standard InChI is InChI=1S/C14H32N2/c1-12(2)13(3)11-16-10-6-7-14(4,5)8-9-15/h12-13,16H,6-11,15H2,1-5H3. The lowest BCUT2D eigenvalue weighted by Crippen LogP contribution is -2.26. The van der Waals surface area contributed by atoms with Gasteiger partial charge in [0.2, 0.25) is 0 Å². The molecule has 0 aliphatic carbocycles. The van der Waals surface area contributed by atoms with E-state index in [1.54, 1.807) is 0 Å². The van der Waals surface area contributed by atoms with Gasteiger partial charge >= 0.3 is 0 Å². The predicted octanol–water partition coefficient (Wildman–Crippen LogP) is 3.02. The normalized spacial score (nSPS) is 14.4. The molecule has 0 radical (unpaired) electrons. The highest BCUT2D eigenvalue weighted by Gasteiger charge is 2.15. The lowest BCUT2D eigenvalue weighted by Gasteiger charge is -2.24. The van der Waals surface area contributed by atoms with Crippen molar-refractivity contribution in [2.45, 2.75) is 53.9 Å². The zero-order valence-corrected chi connectivity index (χ0v) is 12.0. The number of nitrogens with two attached hydrogens (primary N) is 1. The van der Waals surface area contributed by atoms with Crippen LogP contribution in [-0.4, -0.2) is 19.6 Å². The van der Waals surface area contributed by atoms with E-state index in [-0.39, 0.29) is 0 Å². The van der Waals surface area contributed by atoms with Crippen LogP contribution in [-0.2, 0) is 0 Å². The third kappa shape index (κ3) is 8.12. The smallest absolute Gasteiger partial charge is 0.00207 e. The van der Waals surface area contributed by atoms with Gasteiger partial charge in [0.05, 0.1) is 0 Å². The van der Waals surface area contributed by atoms with Gasteiger partial charge in [-0.2, -0.15) is 0 Å². The maximum absolute atomic E-state index is 5.60. The first-order valence-corrected chi connectivity index (χ1v) is 6.80. The Morgan fingerprint density at radius 2 is 1.75 bits per heavy atom. The summed E-state index contributed by atoms with van der Waals surface area (Å²) in [5, 5.41) is 3.55. The van der Waals surface area contributed by atoms with E-state index in [1.807, 2.05) is 0 Å². The Morgan fingerprint density at radius 3 is 2.25 bits per heavy atom. The average Bonchev–Trinajstić information content (AvgIpc) is 2.16. The maximum Gasteiger partial charge on any atom is -0.00207 e. The Kier molecular flexibility index (Phi) is 8.04. The molecule has 0 fully saturated rings. The number of nitrogens with one attached hydrogen (secondary N) is 1. The van der Waals surface area contributed by atoms with Crippen molar-refractivity contribution in [2.24, 2.45) is 23.0 Å². The molecule has 2 nitrogen and oxygen atoms in total. The van der Waals surface area contributed by atoms with Crippen molar-refractivity contribution in [3.8, 4) is 0 Å². The van der Waals surface area contributed by atoms with Crippen LogP contribution in [0.1, 0.15) is 53.9 Å². The Bertz CT molecular complexity index is 164. The molecule has 0 spiro atoms. The SMILES string of the molecule is CC(C)C(C)CNCCCC(C)(C)CCN. The monoisotopic (exact) mass is 228 g/mol. The van der Waals surface area contributed by atoms with Gasteiger partial charge in [-0.25, -0.2) is 0 Å². The van der Waals surface area contributed by atoms with Crippen LogP contribution in [0.5, 0.6) is 0 Å². The molecule has 0 aromatic heterocycles. The number of hydrogen-bond acceptors (Lipinski definition) is 2. The largest absolute Gasteiger partial charge is 0.330 e. The summed E-state index contributed by atoms with van der Waals surface area (Å²) in [4.78, 5) is 0. The highest BCUT2D eigenvalue weighted by molar-refractivity contribution is 4.69. The van der Waals surface area contributed by atoms with Crippen LogP contribution < -0.4 is 11.1 Å². The summed E-state index contributed by atoms with van der Waals surface area (Å²) in [5.41, 5.74) is 6.02. The van der Waals surface area contributed by atoms with Crippen molar-refractivity contribution in [3.63, 3.8) is 0 Å². The second kappa shape index (κ2) is 8.08. The highest BCUT2D eigenvalue weighted by Crippen LogP contribution is 2.25.